The molecule has 2 aromatic carbocycles. The molecule has 0 unspecified atom stereocenters. The van der Waals surface area contributed by atoms with Gasteiger partial charge in [0.1, 0.15) is 5.82 Å². The van der Waals surface area contributed by atoms with Gasteiger partial charge in [-0.25, -0.2) is 4.98 Å². The van der Waals surface area contributed by atoms with Gasteiger partial charge in [0.2, 0.25) is 11.7 Å². The fourth-order valence-electron chi connectivity index (χ4n) is 3.86. The molecule has 7 nitrogen and oxygen atoms in total. The number of carbonyl (C=O) groups excluding carboxylic acids is 1. The van der Waals surface area contributed by atoms with Gasteiger partial charge in [0.05, 0.1) is 0 Å². The molecule has 0 atom stereocenters. The van der Waals surface area contributed by atoms with Crippen molar-refractivity contribution in [3.63, 3.8) is 0 Å². The molecule has 1 saturated heterocycles. The van der Waals surface area contributed by atoms with Gasteiger partial charge >= 0.3 is 0 Å². The molecule has 7 heteroatoms. The van der Waals surface area contributed by atoms with Crippen molar-refractivity contribution in [1.82, 2.24) is 20.0 Å². The summed E-state index contributed by atoms with van der Waals surface area (Å²) in [6.45, 7) is 4.80. The van der Waals surface area contributed by atoms with Crippen molar-refractivity contribution in [3.05, 3.63) is 72.2 Å². The third-order valence-corrected chi connectivity index (χ3v) is 5.66. The average Bonchev–Trinajstić information content (AvgIpc) is 3.33. The van der Waals surface area contributed by atoms with E-state index in [1.54, 1.807) is 6.20 Å². The van der Waals surface area contributed by atoms with Crippen molar-refractivity contribution in [2.24, 2.45) is 0 Å². The maximum absolute atomic E-state index is 13.0. The highest BCUT2D eigenvalue weighted by Crippen LogP contribution is 2.21. The summed E-state index contributed by atoms with van der Waals surface area (Å²) in [5.74, 6) is 2.14. The standard InChI is InChI=1S/C24H23N5O2/c1-2-22-26-23(27-31-22)20-9-10-21(25-16-20)28-11-13-29(14-12-28)24(30)19-8-7-17-5-3-4-6-18(17)15-19/h3-10,15-16H,2,11-14H2,1H3. The van der Waals surface area contributed by atoms with E-state index in [4.69, 9.17) is 4.52 Å². The Morgan fingerprint density at radius 1 is 1.00 bits per heavy atom. The number of anilines is 1. The molecule has 0 N–H and O–H groups in total. The molecule has 0 saturated carbocycles. The lowest BCUT2D eigenvalue weighted by molar-refractivity contribution is 0.0746. The van der Waals surface area contributed by atoms with Crippen molar-refractivity contribution in [1.29, 1.82) is 0 Å². The summed E-state index contributed by atoms with van der Waals surface area (Å²) in [5, 5.41) is 6.22. The molecule has 5 rings (SSSR count). The smallest absolute Gasteiger partial charge is 0.253 e. The number of pyridine rings is 1. The van der Waals surface area contributed by atoms with Gasteiger partial charge in [-0.3, -0.25) is 4.79 Å². The van der Waals surface area contributed by atoms with Crippen LogP contribution in [0.4, 0.5) is 5.82 Å². The minimum Gasteiger partial charge on any atom is -0.353 e. The van der Waals surface area contributed by atoms with Crippen LogP contribution in [0.3, 0.4) is 0 Å². The van der Waals surface area contributed by atoms with Gasteiger partial charge in [-0.05, 0) is 35.0 Å². The largest absolute Gasteiger partial charge is 0.353 e. The van der Waals surface area contributed by atoms with Gasteiger partial charge < -0.3 is 14.3 Å². The van der Waals surface area contributed by atoms with Crippen LogP contribution in [0.1, 0.15) is 23.2 Å². The summed E-state index contributed by atoms with van der Waals surface area (Å²) >= 11 is 0. The van der Waals surface area contributed by atoms with E-state index in [1.807, 2.05) is 60.4 Å². The molecule has 1 aliphatic rings. The van der Waals surface area contributed by atoms with Crippen LogP contribution in [-0.4, -0.2) is 52.1 Å². The van der Waals surface area contributed by atoms with Crippen LogP contribution < -0.4 is 4.90 Å². The Hall–Kier alpha value is -3.74. The number of rotatable bonds is 4. The number of aromatic nitrogens is 3. The molecule has 0 aliphatic carbocycles. The van der Waals surface area contributed by atoms with Gasteiger partial charge in [-0.1, -0.05) is 42.4 Å². The van der Waals surface area contributed by atoms with E-state index in [1.165, 1.54) is 0 Å². The van der Waals surface area contributed by atoms with E-state index in [2.05, 4.69) is 26.1 Å². The Bertz CT molecular complexity index is 1210. The summed E-state index contributed by atoms with van der Waals surface area (Å²) in [6, 6.07) is 17.9. The van der Waals surface area contributed by atoms with E-state index in [0.29, 0.717) is 31.2 Å². The Labute approximate surface area is 180 Å². The second-order valence-electron chi connectivity index (χ2n) is 7.61. The molecular weight excluding hydrogens is 390 g/mol. The Morgan fingerprint density at radius 2 is 1.81 bits per heavy atom. The Balaban J connectivity index is 1.23. The van der Waals surface area contributed by atoms with Crippen LogP contribution in [-0.2, 0) is 6.42 Å². The number of carbonyl (C=O) groups is 1. The van der Waals surface area contributed by atoms with Crippen LogP contribution in [0.5, 0.6) is 0 Å². The fraction of sp³-hybridized carbons (Fsp3) is 0.250. The lowest BCUT2D eigenvalue weighted by Crippen LogP contribution is -2.49. The lowest BCUT2D eigenvalue weighted by atomic mass is 10.1. The van der Waals surface area contributed by atoms with E-state index >= 15 is 0 Å². The van der Waals surface area contributed by atoms with Gasteiger partial charge in [0.25, 0.3) is 5.91 Å². The van der Waals surface area contributed by atoms with Gasteiger partial charge in [0, 0.05) is 49.9 Å². The molecular formula is C24H23N5O2. The normalized spacial score (nSPS) is 14.2. The minimum absolute atomic E-state index is 0.0811. The summed E-state index contributed by atoms with van der Waals surface area (Å²) in [4.78, 5) is 26.0. The molecule has 0 radical (unpaired) electrons. The third kappa shape index (κ3) is 3.86. The number of hydrogen-bond donors (Lipinski definition) is 0. The molecule has 31 heavy (non-hydrogen) atoms. The maximum Gasteiger partial charge on any atom is 0.253 e. The first-order valence-corrected chi connectivity index (χ1v) is 10.5. The molecule has 4 aromatic rings. The third-order valence-electron chi connectivity index (χ3n) is 5.66. The molecule has 1 aliphatic heterocycles. The average molecular weight is 413 g/mol. The summed E-state index contributed by atoms with van der Waals surface area (Å²) in [5.41, 5.74) is 1.57. The second kappa shape index (κ2) is 8.18. The van der Waals surface area contributed by atoms with Crippen LogP contribution in [0.2, 0.25) is 0 Å². The summed E-state index contributed by atoms with van der Waals surface area (Å²) < 4.78 is 5.17. The molecule has 1 amide bonds. The molecule has 1 fully saturated rings. The van der Waals surface area contributed by atoms with E-state index in [9.17, 15) is 4.79 Å². The number of piperazine rings is 1. The van der Waals surface area contributed by atoms with E-state index < -0.39 is 0 Å². The van der Waals surface area contributed by atoms with Gasteiger partial charge in [0.15, 0.2) is 0 Å². The van der Waals surface area contributed by atoms with Crippen LogP contribution in [0.25, 0.3) is 22.2 Å². The van der Waals surface area contributed by atoms with Crippen molar-refractivity contribution >= 4 is 22.5 Å². The topological polar surface area (TPSA) is 75.4 Å². The van der Waals surface area contributed by atoms with Crippen LogP contribution in [0.15, 0.2) is 65.3 Å². The quantitative estimate of drug-likeness (QED) is 0.506. The lowest BCUT2D eigenvalue weighted by Gasteiger charge is -2.35. The molecule has 2 aromatic heterocycles. The van der Waals surface area contributed by atoms with Crippen molar-refractivity contribution in [2.45, 2.75) is 13.3 Å². The first kappa shape index (κ1) is 19.2. The summed E-state index contributed by atoms with van der Waals surface area (Å²) in [6.07, 6.45) is 2.48. The first-order chi connectivity index (χ1) is 15.2. The van der Waals surface area contributed by atoms with Gasteiger partial charge in [-0.15, -0.1) is 0 Å². The number of hydrogen-bond acceptors (Lipinski definition) is 6. The van der Waals surface area contributed by atoms with Crippen LogP contribution in [0, 0.1) is 0 Å². The Morgan fingerprint density at radius 3 is 2.52 bits per heavy atom. The predicted octanol–water partition coefficient (Wildman–Crippen LogP) is 3.81. The number of aryl methyl sites for hydroxylation is 1. The molecule has 3 heterocycles. The molecule has 0 spiro atoms. The summed E-state index contributed by atoms with van der Waals surface area (Å²) in [7, 11) is 0. The zero-order chi connectivity index (χ0) is 21.2. The SMILES string of the molecule is CCc1nc(-c2ccc(N3CCN(C(=O)c4ccc5ccccc5c4)CC3)nc2)no1. The minimum atomic E-state index is 0.0811. The number of fused-ring (bicyclic) bond motifs is 1. The van der Waals surface area contributed by atoms with Crippen LogP contribution >= 0.6 is 0 Å². The van der Waals surface area contributed by atoms with Crippen molar-refractivity contribution in [2.75, 3.05) is 31.1 Å². The predicted molar refractivity (Wildman–Crippen MR) is 119 cm³/mol. The zero-order valence-corrected chi connectivity index (χ0v) is 17.4. The number of benzene rings is 2. The highest BCUT2D eigenvalue weighted by molar-refractivity contribution is 5.98. The fourth-order valence-corrected chi connectivity index (χ4v) is 3.86. The monoisotopic (exact) mass is 413 g/mol. The number of nitrogens with zero attached hydrogens (tertiary/aromatic N) is 5. The van der Waals surface area contributed by atoms with Crippen molar-refractivity contribution in [3.8, 4) is 11.4 Å². The van der Waals surface area contributed by atoms with Crippen molar-refractivity contribution < 1.29 is 9.32 Å². The number of amides is 1. The van der Waals surface area contributed by atoms with E-state index in [-0.39, 0.29) is 5.91 Å². The molecule has 0 bridgehead atoms. The second-order valence-corrected chi connectivity index (χ2v) is 7.61. The zero-order valence-electron chi connectivity index (χ0n) is 17.4. The highest BCUT2D eigenvalue weighted by atomic mass is 16.5. The highest BCUT2D eigenvalue weighted by Gasteiger charge is 2.23. The van der Waals surface area contributed by atoms with E-state index in [0.717, 1.165) is 40.8 Å². The first-order valence-electron chi connectivity index (χ1n) is 10.5. The molecule has 156 valence electrons. The maximum atomic E-state index is 13.0. The van der Waals surface area contributed by atoms with Gasteiger partial charge in [-0.2, -0.15) is 4.98 Å². The Kier molecular flexibility index (Phi) is 5.08.